The van der Waals surface area contributed by atoms with Gasteiger partial charge in [-0.2, -0.15) is 13.2 Å². The zero-order chi connectivity index (χ0) is 20.6. The van der Waals surface area contributed by atoms with E-state index in [1.54, 1.807) is 11.6 Å². The second-order valence-corrected chi connectivity index (χ2v) is 6.75. The van der Waals surface area contributed by atoms with Crippen LogP contribution in [0.15, 0.2) is 30.7 Å². The van der Waals surface area contributed by atoms with Gasteiger partial charge < -0.3 is 14.8 Å². The number of anilines is 1. The van der Waals surface area contributed by atoms with E-state index in [2.05, 4.69) is 10.3 Å². The highest BCUT2D eigenvalue weighted by Gasteiger charge is 2.40. The first-order chi connectivity index (χ1) is 13.1. The summed E-state index contributed by atoms with van der Waals surface area (Å²) in [6, 6.07) is 2.34. The van der Waals surface area contributed by atoms with Crippen LogP contribution in [0.3, 0.4) is 0 Å². The number of carbonyl (C=O) groups excluding carboxylic acids is 2. The van der Waals surface area contributed by atoms with Gasteiger partial charge >= 0.3 is 12.2 Å². The summed E-state index contributed by atoms with van der Waals surface area (Å²) in [5.41, 5.74) is -0.822. The van der Waals surface area contributed by atoms with Gasteiger partial charge in [-0.25, -0.2) is 9.78 Å². The van der Waals surface area contributed by atoms with Gasteiger partial charge in [-0.15, -0.1) is 0 Å². The molecule has 28 heavy (non-hydrogen) atoms. The highest BCUT2D eigenvalue weighted by atomic mass is 35.5. The van der Waals surface area contributed by atoms with E-state index in [9.17, 15) is 22.8 Å². The fourth-order valence-electron chi connectivity index (χ4n) is 2.99. The van der Waals surface area contributed by atoms with Crippen LogP contribution in [0.1, 0.15) is 11.1 Å². The molecule has 1 aromatic carbocycles. The average Bonchev–Trinajstić information content (AvgIpc) is 3.16. The molecule has 1 aromatic heterocycles. The number of likely N-dealkylation sites (N-methyl/N-ethyl adjacent to an activating group) is 1. The summed E-state index contributed by atoms with van der Waals surface area (Å²) in [4.78, 5) is 31.6. The second kappa shape index (κ2) is 7.34. The van der Waals surface area contributed by atoms with E-state index in [0.717, 1.165) is 6.07 Å². The Hall–Kier alpha value is -2.75. The van der Waals surface area contributed by atoms with E-state index in [1.807, 2.05) is 0 Å². The maximum Gasteiger partial charge on any atom is 0.417 e. The van der Waals surface area contributed by atoms with Crippen LogP contribution in [0.5, 0.6) is 0 Å². The van der Waals surface area contributed by atoms with Crippen molar-refractivity contribution in [2.24, 2.45) is 7.05 Å². The number of imidazole rings is 1. The summed E-state index contributed by atoms with van der Waals surface area (Å²) in [6.07, 6.45) is -1.54. The Morgan fingerprint density at radius 2 is 2.07 bits per heavy atom. The minimum atomic E-state index is -4.58. The lowest BCUT2D eigenvalue weighted by Crippen LogP contribution is -2.43. The lowest BCUT2D eigenvalue weighted by Gasteiger charge is -2.18. The van der Waals surface area contributed by atoms with Gasteiger partial charge in [0.1, 0.15) is 11.9 Å². The van der Waals surface area contributed by atoms with Crippen LogP contribution in [0.2, 0.25) is 5.02 Å². The Kier molecular flexibility index (Phi) is 5.24. The summed E-state index contributed by atoms with van der Waals surface area (Å²) in [5.74, 6) is 0.0436. The highest BCUT2D eigenvalue weighted by molar-refractivity contribution is 6.32. The van der Waals surface area contributed by atoms with Crippen molar-refractivity contribution in [1.29, 1.82) is 0 Å². The molecule has 1 N–H and O–H groups in total. The van der Waals surface area contributed by atoms with Crippen molar-refractivity contribution in [2.45, 2.75) is 18.8 Å². The van der Waals surface area contributed by atoms with Gasteiger partial charge in [-0.1, -0.05) is 23.7 Å². The smallest absolute Gasteiger partial charge is 0.350 e. The lowest BCUT2D eigenvalue weighted by atomic mass is 10.1. The van der Waals surface area contributed by atoms with Crippen LogP contribution in [0.4, 0.5) is 23.8 Å². The predicted molar refractivity (Wildman–Crippen MR) is 95.8 cm³/mol. The number of amides is 3. The molecule has 3 rings (SSSR count). The molecule has 0 bridgehead atoms. The van der Waals surface area contributed by atoms with Crippen molar-refractivity contribution in [3.05, 3.63) is 46.9 Å². The van der Waals surface area contributed by atoms with Gasteiger partial charge in [0.25, 0.3) is 0 Å². The van der Waals surface area contributed by atoms with Gasteiger partial charge in [-0.05, 0) is 11.6 Å². The van der Waals surface area contributed by atoms with Crippen molar-refractivity contribution < 1.29 is 22.8 Å². The Labute approximate surface area is 163 Å². The van der Waals surface area contributed by atoms with E-state index >= 15 is 0 Å². The number of hydrogen-bond donors (Lipinski definition) is 1. The molecular formula is C17H17ClF3N5O2. The summed E-state index contributed by atoms with van der Waals surface area (Å²) in [6.45, 7) is -0.0944. The molecule has 1 fully saturated rings. The van der Waals surface area contributed by atoms with Crippen LogP contribution < -0.4 is 10.2 Å². The summed E-state index contributed by atoms with van der Waals surface area (Å²) >= 11 is 5.84. The Bertz CT molecular complexity index is 914. The number of urea groups is 1. The number of rotatable bonds is 4. The second-order valence-electron chi connectivity index (χ2n) is 6.38. The van der Waals surface area contributed by atoms with Crippen molar-refractivity contribution in [3.63, 3.8) is 0 Å². The number of nitrogens with one attached hydrogen (secondary N) is 1. The maximum absolute atomic E-state index is 12.9. The number of halogens is 4. The predicted octanol–water partition coefficient (Wildman–Crippen LogP) is 2.65. The summed E-state index contributed by atoms with van der Waals surface area (Å²) in [5, 5.41) is 2.10. The van der Waals surface area contributed by atoms with Crippen molar-refractivity contribution in [1.82, 2.24) is 19.8 Å². The van der Waals surface area contributed by atoms with Gasteiger partial charge in [0.05, 0.1) is 29.7 Å². The molecule has 0 saturated carbocycles. The first kappa shape index (κ1) is 20.0. The molecule has 1 aliphatic heterocycles. The number of benzene rings is 1. The van der Waals surface area contributed by atoms with Crippen LogP contribution >= 0.6 is 11.6 Å². The summed E-state index contributed by atoms with van der Waals surface area (Å²) in [7, 11) is 3.21. The Balaban J connectivity index is 1.71. The molecule has 11 heteroatoms. The third-order valence-electron chi connectivity index (χ3n) is 4.56. The molecule has 1 aliphatic rings. The molecular weight excluding hydrogens is 399 g/mol. The van der Waals surface area contributed by atoms with Crippen LogP contribution in [0, 0.1) is 0 Å². The van der Waals surface area contributed by atoms with Crippen LogP contribution in [-0.2, 0) is 24.6 Å². The summed E-state index contributed by atoms with van der Waals surface area (Å²) < 4.78 is 40.5. The van der Waals surface area contributed by atoms with Crippen molar-refractivity contribution >= 4 is 29.4 Å². The quantitative estimate of drug-likeness (QED) is 0.834. The minimum Gasteiger partial charge on any atom is -0.350 e. The molecule has 0 unspecified atom stereocenters. The number of aromatic nitrogens is 2. The fourth-order valence-corrected chi connectivity index (χ4v) is 3.29. The molecule has 150 valence electrons. The van der Waals surface area contributed by atoms with Gasteiger partial charge in [0.2, 0.25) is 5.91 Å². The standard InChI is InChI=1S/C17H17ClF3N5O2/c1-24-9-22-7-13(24)26-8-12(25(2)16(26)28)15(27)23-6-10-4-3-5-11(14(10)18)17(19,20)21/h3-5,7,9,12H,6,8H2,1-2H3,(H,23,27)/t12-/m0/s1. The largest absolute Gasteiger partial charge is 0.417 e. The fraction of sp³-hybridized carbons (Fsp3) is 0.353. The normalized spacial score (nSPS) is 17.4. The SMILES string of the molecule is CN1C(=O)N(c2cncn2C)C[C@H]1C(=O)NCc1cccc(C(F)(F)F)c1Cl. The Morgan fingerprint density at radius 3 is 2.68 bits per heavy atom. The van der Waals surface area contributed by atoms with Gasteiger partial charge in [0, 0.05) is 20.6 Å². The zero-order valence-corrected chi connectivity index (χ0v) is 15.8. The minimum absolute atomic E-state index is 0.0943. The van der Waals surface area contributed by atoms with E-state index in [-0.39, 0.29) is 24.7 Å². The Morgan fingerprint density at radius 1 is 1.36 bits per heavy atom. The van der Waals surface area contributed by atoms with Gasteiger partial charge in [0.15, 0.2) is 0 Å². The first-order valence-corrected chi connectivity index (χ1v) is 8.62. The van der Waals surface area contributed by atoms with Crippen LogP contribution in [0.25, 0.3) is 0 Å². The molecule has 2 aromatic rings. The van der Waals surface area contributed by atoms with Crippen molar-refractivity contribution in [3.8, 4) is 0 Å². The number of alkyl halides is 3. The van der Waals surface area contributed by atoms with E-state index < -0.39 is 28.7 Å². The van der Waals surface area contributed by atoms with Crippen molar-refractivity contribution in [2.75, 3.05) is 18.5 Å². The zero-order valence-electron chi connectivity index (χ0n) is 15.0. The molecule has 1 atom stereocenters. The van der Waals surface area contributed by atoms with Gasteiger partial charge in [-0.3, -0.25) is 9.69 Å². The van der Waals surface area contributed by atoms with Crippen LogP contribution in [-0.4, -0.2) is 46.0 Å². The average molecular weight is 416 g/mol. The number of nitrogens with zero attached hydrogens (tertiary/aromatic N) is 4. The van der Waals surface area contributed by atoms with E-state index in [4.69, 9.17) is 11.6 Å². The maximum atomic E-state index is 12.9. The topological polar surface area (TPSA) is 70.5 Å². The van der Waals surface area contributed by atoms with E-state index in [1.165, 1.54) is 41.5 Å². The monoisotopic (exact) mass is 415 g/mol. The number of carbonyl (C=O) groups is 2. The molecule has 3 amide bonds. The molecule has 0 aliphatic carbocycles. The molecule has 0 spiro atoms. The first-order valence-electron chi connectivity index (χ1n) is 8.24. The van der Waals surface area contributed by atoms with E-state index in [0.29, 0.717) is 5.82 Å². The molecule has 1 saturated heterocycles. The highest BCUT2D eigenvalue weighted by Crippen LogP contribution is 2.36. The third kappa shape index (κ3) is 3.64. The lowest BCUT2D eigenvalue weighted by molar-refractivity contribution is -0.137. The molecule has 0 radical (unpaired) electrons. The third-order valence-corrected chi connectivity index (χ3v) is 5.01. The number of aryl methyl sites for hydroxylation is 1. The molecule has 7 nitrogen and oxygen atoms in total. The molecule has 2 heterocycles. The number of hydrogen-bond acceptors (Lipinski definition) is 3.